The molecule has 0 aromatic heterocycles. The molecular formula is C12H13Br. The third kappa shape index (κ3) is 2.85. The minimum Gasteiger partial charge on any atom is -0.0991 e. The van der Waals surface area contributed by atoms with E-state index in [2.05, 4.69) is 41.2 Å². The smallest absolute Gasteiger partial charge is 0.0209 e. The van der Waals surface area contributed by atoms with Crippen LogP contribution in [0.5, 0.6) is 0 Å². The first-order chi connectivity index (χ1) is 6.25. The van der Waals surface area contributed by atoms with Crippen molar-refractivity contribution in [3.8, 4) is 0 Å². The first kappa shape index (κ1) is 10.3. The number of allylic oxidation sites excluding steroid dienone is 8. The molecule has 0 amide bonds. The summed E-state index contributed by atoms with van der Waals surface area (Å²) in [5.74, 6) is 0. The Morgan fingerprint density at radius 3 is 2.92 bits per heavy atom. The molecule has 0 aromatic carbocycles. The van der Waals surface area contributed by atoms with E-state index < -0.39 is 0 Å². The molecule has 0 N–H and O–H groups in total. The summed E-state index contributed by atoms with van der Waals surface area (Å²) in [6.07, 6.45) is 12.1. The van der Waals surface area contributed by atoms with Crippen molar-refractivity contribution < 1.29 is 0 Å². The summed E-state index contributed by atoms with van der Waals surface area (Å²) in [6.45, 7) is 7.64. The topological polar surface area (TPSA) is 0 Å². The van der Waals surface area contributed by atoms with Crippen LogP contribution >= 0.6 is 15.9 Å². The maximum absolute atomic E-state index is 4.01. The second kappa shape index (κ2) is 5.03. The fourth-order valence-corrected chi connectivity index (χ4v) is 1.87. The molecule has 0 heterocycles. The molecule has 0 saturated heterocycles. The van der Waals surface area contributed by atoms with Crippen LogP contribution in [0.15, 0.2) is 59.2 Å². The Labute approximate surface area is 88.2 Å². The van der Waals surface area contributed by atoms with E-state index in [-0.39, 0.29) is 0 Å². The van der Waals surface area contributed by atoms with E-state index in [4.69, 9.17) is 0 Å². The highest BCUT2D eigenvalue weighted by Gasteiger charge is 2.06. The zero-order valence-corrected chi connectivity index (χ0v) is 9.18. The highest BCUT2D eigenvalue weighted by Crippen LogP contribution is 2.28. The number of halogens is 1. The monoisotopic (exact) mass is 236 g/mol. The normalized spacial score (nSPS) is 16.7. The van der Waals surface area contributed by atoms with Gasteiger partial charge in [0.1, 0.15) is 0 Å². The molecule has 0 aromatic rings. The van der Waals surface area contributed by atoms with Gasteiger partial charge in [-0.1, -0.05) is 59.5 Å². The van der Waals surface area contributed by atoms with Gasteiger partial charge in [-0.2, -0.15) is 0 Å². The first-order valence-corrected chi connectivity index (χ1v) is 5.08. The van der Waals surface area contributed by atoms with E-state index >= 15 is 0 Å². The van der Waals surface area contributed by atoms with Gasteiger partial charge in [0.05, 0.1) is 0 Å². The van der Waals surface area contributed by atoms with Crippen LogP contribution < -0.4 is 0 Å². The lowest BCUT2D eigenvalue weighted by Gasteiger charge is -2.11. The standard InChI is InChI=1S/C12H13Br/c1-3-4-7-10(2)11-8-5-6-9-12(11)13/h3-4,6-7,9H,1-2,5,8H2/b7-4-. The lowest BCUT2D eigenvalue weighted by molar-refractivity contribution is 0.976. The van der Waals surface area contributed by atoms with Gasteiger partial charge in [-0.05, 0) is 24.0 Å². The molecule has 0 nitrogen and oxygen atoms in total. The lowest BCUT2D eigenvalue weighted by Crippen LogP contribution is -1.91. The fraction of sp³-hybridized carbons (Fsp3) is 0.167. The summed E-state index contributed by atoms with van der Waals surface area (Å²) in [4.78, 5) is 0. The summed E-state index contributed by atoms with van der Waals surface area (Å²) >= 11 is 3.52. The Bertz CT molecular complexity index is 303. The third-order valence-electron chi connectivity index (χ3n) is 1.93. The predicted molar refractivity (Wildman–Crippen MR) is 62.8 cm³/mol. The molecule has 0 atom stereocenters. The zero-order chi connectivity index (χ0) is 9.68. The van der Waals surface area contributed by atoms with Crippen molar-refractivity contribution in [3.63, 3.8) is 0 Å². The highest BCUT2D eigenvalue weighted by molar-refractivity contribution is 9.11. The lowest BCUT2D eigenvalue weighted by atomic mass is 9.98. The van der Waals surface area contributed by atoms with E-state index in [1.807, 2.05) is 12.2 Å². The first-order valence-electron chi connectivity index (χ1n) is 4.29. The highest BCUT2D eigenvalue weighted by atomic mass is 79.9. The largest absolute Gasteiger partial charge is 0.0991 e. The van der Waals surface area contributed by atoms with Crippen molar-refractivity contribution in [1.82, 2.24) is 0 Å². The van der Waals surface area contributed by atoms with Gasteiger partial charge in [0.25, 0.3) is 0 Å². The van der Waals surface area contributed by atoms with Gasteiger partial charge in [-0.15, -0.1) is 0 Å². The minimum atomic E-state index is 1.07. The van der Waals surface area contributed by atoms with Crippen molar-refractivity contribution in [1.29, 1.82) is 0 Å². The van der Waals surface area contributed by atoms with E-state index in [0.717, 1.165) is 22.9 Å². The Kier molecular flexibility index (Phi) is 3.97. The molecule has 1 heteroatoms. The van der Waals surface area contributed by atoms with Crippen LogP contribution in [0, 0.1) is 0 Å². The number of rotatable bonds is 3. The van der Waals surface area contributed by atoms with Crippen LogP contribution in [0.3, 0.4) is 0 Å². The van der Waals surface area contributed by atoms with Gasteiger partial charge in [-0.25, -0.2) is 0 Å². The van der Waals surface area contributed by atoms with Gasteiger partial charge in [-0.3, -0.25) is 0 Å². The van der Waals surface area contributed by atoms with Crippen molar-refractivity contribution in [2.45, 2.75) is 12.8 Å². The maximum Gasteiger partial charge on any atom is 0.0209 e. The second-order valence-corrected chi connectivity index (χ2v) is 3.74. The molecule has 68 valence electrons. The molecule has 0 unspecified atom stereocenters. The van der Waals surface area contributed by atoms with Crippen LogP contribution in [-0.2, 0) is 0 Å². The Hall–Kier alpha value is -0.820. The van der Waals surface area contributed by atoms with Gasteiger partial charge in [0.15, 0.2) is 0 Å². The van der Waals surface area contributed by atoms with E-state index in [1.165, 1.54) is 5.57 Å². The summed E-state index contributed by atoms with van der Waals surface area (Å²) in [5.41, 5.74) is 2.36. The number of hydrogen-bond donors (Lipinski definition) is 0. The summed E-state index contributed by atoms with van der Waals surface area (Å²) in [6, 6.07) is 0. The number of hydrogen-bond acceptors (Lipinski definition) is 0. The van der Waals surface area contributed by atoms with Crippen molar-refractivity contribution in [3.05, 3.63) is 59.2 Å². The third-order valence-corrected chi connectivity index (χ3v) is 2.68. The second-order valence-electron chi connectivity index (χ2n) is 2.89. The van der Waals surface area contributed by atoms with Crippen LogP contribution in [0.4, 0.5) is 0 Å². The molecule has 0 bridgehead atoms. The van der Waals surface area contributed by atoms with Crippen molar-refractivity contribution in [2.24, 2.45) is 0 Å². The van der Waals surface area contributed by atoms with Crippen molar-refractivity contribution in [2.75, 3.05) is 0 Å². The Morgan fingerprint density at radius 2 is 2.31 bits per heavy atom. The Balaban J connectivity index is 2.81. The molecule has 1 aliphatic carbocycles. The summed E-state index contributed by atoms with van der Waals surface area (Å²) < 4.78 is 1.15. The Morgan fingerprint density at radius 1 is 1.54 bits per heavy atom. The molecule has 1 rings (SSSR count). The fourth-order valence-electron chi connectivity index (χ4n) is 1.23. The van der Waals surface area contributed by atoms with Crippen molar-refractivity contribution >= 4 is 15.9 Å². The predicted octanol–water partition coefficient (Wildman–Crippen LogP) is 4.28. The molecule has 0 radical (unpaired) electrons. The molecule has 13 heavy (non-hydrogen) atoms. The molecular weight excluding hydrogens is 224 g/mol. The van der Waals surface area contributed by atoms with E-state index in [0.29, 0.717) is 0 Å². The van der Waals surface area contributed by atoms with Crippen LogP contribution in [0.1, 0.15) is 12.8 Å². The van der Waals surface area contributed by atoms with Gasteiger partial charge in [0, 0.05) is 4.48 Å². The van der Waals surface area contributed by atoms with E-state index in [1.54, 1.807) is 6.08 Å². The molecule has 1 aliphatic rings. The van der Waals surface area contributed by atoms with Gasteiger partial charge < -0.3 is 0 Å². The SMILES string of the molecule is C=C/C=C\C(=C)C1=C(Br)C=CCC1. The summed E-state index contributed by atoms with van der Waals surface area (Å²) in [7, 11) is 0. The molecule has 0 aliphatic heterocycles. The van der Waals surface area contributed by atoms with Crippen LogP contribution in [0.2, 0.25) is 0 Å². The van der Waals surface area contributed by atoms with Gasteiger partial charge in [0.2, 0.25) is 0 Å². The molecule has 0 fully saturated rings. The molecule has 0 saturated carbocycles. The van der Waals surface area contributed by atoms with Crippen LogP contribution in [-0.4, -0.2) is 0 Å². The van der Waals surface area contributed by atoms with E-state index in [9.17, 15) is 0 Å². The average Bonchev–Trinajstić information content (AvgIpc) is 2.15. The van der Waals surface area contributed by atoms with Gasteiger partial charge >= 0.3 is 0 Å². The molecule has 0 spiro atoms. The summed E-state index contributed by atoms with van der Waals surface area (Å²) in [5, 5.41) is 0. The maximum atomic E-state index is 4.01. The quantitative estimate of drug-likeness (QED) is 0.642. The minimum absolute atomic E-state index is 1.07. The van der Waals surface area contributed by atoms with Crippen LogP contribution in [0.25, 0.3) is 0 Å². The zero-order valence-electron chi connectivity index (χ0n) is 7.59. The average molecular weight is 237 g/mol.